The Morgan fingerprint density at radius 1 is 0.962 bits per heavy atom. The zero-order valence-electron chi connectivity index (χ0n) is 15.2. The van der Waals surface area contributed by atoms with E-state index in [1.54, 1.807) is 4.90 Å². The van der Waals surface area contributed by atoms with Crippen molar-refractivity contribution in [2.24, 2.45) is 0 Å². The standard InChI is InChI=1S/C19H25N5O2/c1-22-7-4-8-23(10-9-22)18-16-6-3-2-5-15(16)17(20-21-18)19(25)24-11-13-26-14-12-24/h2-3,5-6H,4,7-14H2,1H3. The molecule has 2 aromatic rings. The summed E-state index contributed by atoms with van der Waals surface area (Å²) < 4.78 is 5.35. The number of ether oxygens (including phenoxy) is 1. The molecular weight excluding hydrogens is 330 g/mol. The van der Waals surface area contributed by atoms with Gasteiger partial charge in [0.1, 0.15) is 0 Å². The second-order valence-electron chi connectivity index (χ2n) is 6.97. The van der Waals surface area contributed by atoms with E-state index in [2.05, 4.69) is 27.0 Å². The number of morpholine rings is 1. The Labute approximate surface area is 153 Å². The van der Waals surface area contributed by atoms with Gasteiger partial charge in [0.05, 0.1) is 13.2 Å². The van der Waals surface area contributed by atoms with E-state index in [-0.39, 0.29) is 5.91 Å². The average Bonchev–Trinajstić information content (AvgIpc) is 2.92. The van der Waals surface area contributed by atoms with E-state index >= 15 is 0 Å². The largest absolute Gasteiger partial charge is 0.378 e. The number of anilines is 1. The number of fused-ring (bicyclic) bond motifs is 1. The van der Waals surface area contributed by atoms with Gasteiger partial charge in [-0.1, -0.05) is 24.3 Å². The maximum Gasteiger partial charge on any atom is 0.275 e. The molecule has 2 fully saturated rings. The smallest absolute Gasteiger partial charge is 0.275 e. The number of hydrogen-bond acceptors (Lipinski definition) is 6. The van der Waals surface area contributed by atoms with Crippen LogP contribution in [0.5, 0.6) is 0 Å². The van der Waals surface area contributed by atoms with E-state index in [4.69, 9.17) is 4.74 Å². The van der Waals surface area contributed by atoms with Gasteiger partial charge in [-0.2, -0.15) is 0 Å². The summed E-state index contributed by atoms with van der Waals surface area (Å²) in [4.78, 5) is 19.4. The highest BCUT2D eigenvalue weighted by Gasteiger charge is 2.24. The molecule has 26 heavy (non-hydrogen) atoms. The summed E-state index contributed by atoms with van der Waals surface area (Å²) in [5.74, 6) is 0.827. The van der Waals surface area contributed by atoms with Crippen molar-refractivity contribution in [3.05, 3.63) is 30.0 Å². The second kappa shape index (κ2) is 7.55. The van der Waals surface area contributed by atoms with Gasteiger partial charge in [-0.3, -0.25) is 4.79 Å². The molecule has 1 amide bonds. The number of benzene rings is 1. The summed E-state index contributed by atoms with van der Waals surface area (Å²) in [5, 5.41) is 10.7. The van der Waals surface area contributed by atoms with Crippen molar-refractivity contribution in [3.8, 4) is 0 Å². The number of amides is 1. The summed E-state index contributed by atoms with van der Waals surface area (Å²) in [6, 6.07) is 7.98. The Morgan fingerprint density at radius 2 is 1.73 bits per heavy atom. The normalized spacial score (nSPS) is 19.6. The maximum absolute atomic E-state index is 12.9. The third-order valence-electron chi connectivity index (χ3n) is 5.19. The van der Waals surface area contributed by atoms with Crippen molar-refractivity contribution < 1.29 is 9.53 Å². The van der Waals surface area contributed by atoms with E-state index in [0.29, 0.717) is 32.0 Å². The molecule has 0 atom stereocenters. The Bertz CT molecular complexity index is 791. The fourth-order valence-corrected chi connectivity index (χ4v) is 3.66. The molecule has 7 nitrogen and oxygen atoms in total. The number of hydrogen-bond donors (Lipinski definition) is 0. The van der Waals surface area contributed by atoms with Gasteiger partial charge >= 0.3 is 0 Å². The lowest BCUT2D eigenvalue weighted by molar-refractivity contribution is 0.0300. The third-order valence-corrected chi connectivity index (χ3v) is 5.19. The van der Waals surface area contributed by atoms with Crippen molar-refractivity contribution in [1.82, 2.24) is 20.0 Å². The molecular formula is C19H25N5O2. The van der Waals surface area contributed by atoms with Gasteiger partial charge in [0.25, 0.3) is 5.91 Å². The molecule has 2 aliphatic rings. The summed E-state index contributed by atoms with van der Waals surface area (Å²) >= 11 is 0. The molecule has 7 heteroatoms. The van der Waals surface area contributed by atoms with Crippen molar-refractivity contribution in [3.63, 3.8) is 0 Å². The van der Waals surface area contributed by atoms with E-state index in [0.717, 1.165) is 49.2 Å². The van der Waals surface area contributed by atoms with Gasteiger partial charge < -0.3 is 19.4 Å². The lowest BCUT2D eigenvalue weighted by Crippen LogP contribution is -2.41. The molecule has 0 bridgehead atoms. The molecule has 3 heterocycles. The van der Waals surface area contributed by atoms with Crippen LogP contribution >= 0.6 is 0 Å². The quantitative estimate of drug-likeness (QED) is 0.808. The molecule has 2 saturated heterocycles. The van der Waals surface area contributed by atoms with Gasteiger partial charge in [0.2, 0.25) is 0 Å². The topological polar surface area (TPSA) is 61.8 Å². The van der Waals surface area contributed by atoms with Crippen molar-refractivity contribution in [2.75, 3.05) is 64.4 Å². The summed E-state index contributed by atoms with van der Waals surface area (Å²) in [5.41, 5.74) is 0.443. The van der Waals surface area contributed by atoms with Crippen LogP contribution in [0.4, 0.5) is 5.82 Å². The second-order valence-corrected chi connectivity index (χ2v) is 6.97. The summed E-state index contributed by atoms with van der Waals surface area (Å²) in [7, 11) is 2.15. The van der Waals surface area contributed by atoms with Crippen molar-refractivity contribution in [1.29, 1.82) is 0 Å². The first-order valence-electron chi connectivity index (χ1n) is 9.30. The first-order chi connectivity index (χ1) is 12.7. The average molecular weight is 355 g/mol. The SMILES string of the molecule is CN1CCCN(c2nnc(C(=O)N3CCOCC3)c3ccccc23)CC1. The number of likely N-dealkylation sites (N-methyl/N-ethyl adjacent to an activating group) is 1. The van der Waals surface area contributed by atoms with Crippen LogP contribution in [0.1, 0.15) is 16.9 Å². The number of rotatable bonds is 2. The van der Waals surface area contributed by atoms with E-state index in [1.807, 2.05) is 24.3 Å². The summed E-state index contributed by atoms with van der Waals surface area (Å²) in [6.07, 6.45) is 1.10. The zero-order valence-corrected chi connectivity index (χ0v) is 15.2. The van der Waals surface area contributed by atoms with Crippen LogP contribution in [0.25, 0.3) is 10.8 Å². The molecule has 0 unspecified atom stereocenters. The fraction of sp³-hybridized carbons (Fsp3) is 0.526. The van der Waals surface area contributed by atoms with Crippen LogP contribution in [-0.2, 0) is 4.74 Å². The molecule has 138 valence electrons. The lowest BCUT2D eigenvalue weighted by atomic mass is 10.1. The highest BCUT2D eigenvalue weighted by Crippen LogP contribution is 2.27. The highest BCUT2D eigenvalue weighted by molar-refractivity contribution is 6.07. The lowest BCUT2D eigenvalue weighted by Gasteiger charge is -2.27. The van der Waals surface area contributed by atoms with E-state index in [1.165, 1.54) is 0 Å². The molecule has 2 aliphatic heterocycles. The van der Waals surface area contributed by atoms with Crippen LogP contribution in [0, 0.1) is 0 Å². The van der Waals surface area contributed by atoms with Crippen molar-refractivity contribution in [2.45, 2.75) is 6.42 Å². The third kappa shape index (κ3) is 3.37. The number of aromatic nitrogens is 2. The van der Waals surface area contributed by atoms with Gasteiger partial charge in [0.15, 0.2) is 11.5 Å². The minimum Gasteiger partial charge on any atom is -0.378 e. The van der Waals surface area contributed by atoms with Gasteiger partial charge in [-0.25, -0.2) is 0 Å². The number of carbonyl (C=O) groups excluding carboxylic acids is 1. The van der Waals surface area contributed by atoms with Gasteiger partial charge in [0, 0.05) is 43.5 Å². The molecule has 1 aromatic carbocycles. The maximum atomic E-state index is 12.9. The first kappa shape index (κ1) is 17.2. The summed E-state index contributed by atoms with van der Waals surface area (Å²) in [6.45, 7) is 6.35. The van der Waals surface area contributed by atoms with Crippen LogP contribution in [-0.4, -0.2) is 85.4 Å². The molecule has 0 spiro atoms. The van der Waals surface area contributed by atoms with Crippen molar-refractivity contribution >= 4 is 22.5 Å². The molecule has 0 aliphatic carbocycles. The van der Waals surface area contributed by atoms with Crippen LogP contribution in [0.2, 0.25) is 0 Å². The van der Waals surface area contributed by atoms with E-state index < -0.39 is 0 Å². The van der Waals surface area contributed by atoms with Crippen LogP contribution in [0.3, 0.4) is 0 Å². The zero-order chi connectivity index (χ0) is 17.9. The van der Waals surface area contributed by atoms with Crippen LogP contribution < -0.4 is 4.90 Å². The molecule has 4 rings (SSSR count). The molecule has 0 N–H and O–H groups in total. The van der Waals surface area contributed by atoms with Crippen LogP contribution in [0.15, 0.2) is 24.3 Å². The minimum absolute atomic E-state index is 0.0563. The predicted molar refractivity (Wildman–Crippen MR) is 101 cm³/mol. The predicted octanol–water partition coefficient (Wildman–Crippen LogP) is 1.24. The Hall–Kier alpha value is -2.25. The van der Waals surface area contributed by atoms with Gasteiger partial charge in [-0.05, 0) is 20.0 Å². The first-order valence-corrected chi connectivity index (χ1v) is 9.30. The Morgan fingerprint density at radius 3 is 2.54 bits per heavy atom. The monoisotopic (exact) mass is 355 g/mol. The number of carbonyl (C=O) groups is 1. The molecule has 0 radical (unpaired) electrons. The highest BCUT2D eigenvalue weighted by atomic mass is 16.5. The Kier molecular flexibility index (Phi) is 4.99. The van der Waals surface area contributed by atoms with Gasteiger partial charge in [-0.15, -0.1) is 10.2 Å². The van der Waals surface area contributed by atoms with E-state index in [9.17, 15) is 4.79 Å². The fourth-order valence-electron chi connectivity index (χ4n) is 3.66. The number of nitrogens with zero attached hydrogens (tertiary/aromatic N) is 5. The molecule has 0 saturated carbocycles. The Balaban J connectivity index is 1.70. The molecule has 1 aromatic heterocycles. The minimum atomic E-state index is -0.0563.